The molecule has 10 heteroatoms. The third-order valence-electron chi connectivity index (χ3n) is 3.92. The molecule has 3 rings (SSSR count). The minimum Gasteiger partial charge on any atom is -0.309 e. The Morgan fingerprint density at radius 1 is 1.27 bits per heavy atom. The molecule has 0 unspecified atom stereocenters. The van der Waals surface area contributed by atoms with Crippen LogP contribution in [0, 0.1) is 17.0 Å². The van der Waals surface area contributed by atoms with Crippen LogP contribution in [0.1, 0.15) is 39.3 Å². The molecule has 0 atom stereocenters. The molecule has 10 nitrogen and oxygen atoms in total. The van der Waals surface area contributed by atoms with Gasteiger partial charge >= 0.3 is 0 Å². The number of nitrogens with one attached hydrogen (secondary N) is 2. The number of amides is 3. The highest BCUT2D eigenvalue weighted by molar-refractivity contribution is 6.21. The fourth-order valence-corrected chi connectivity index (χ4v) is 2.68. The molecule has 134 valence electrons. The van der Waals surface area contributed by atoms with Gasteiger partial charge in [0.2, 0.25) is 5.91 Å². The number of anilines is 1. The van der Waals surface area contributed by atoms with Crippen LogP contribution in [-0.4, -0.2) is 44.3 Å². The first kappa shape index (κ1) is 17.3. The number of aryl methyl sites for hydroxylation is 1. The lowest BCUT2D eigenvalue weighted by Crippen LogP contribution is -2.31. The molecule has 2 N–H and O–H groups in total. The van der Waals surface area contributed by atoms with Crippen molar-refractivity contribution in [2.24, 2.45) is 0 Å². The van der Waals surface area contributed by atoms with Gasteiger partial charge in [0.25, 0.3) is 17.5 Å². The van der Waals surface area contributed by atoms with Crippen molar-refractivity contribution in [1.82, 2.24) is 15.1 Å². The first-order valence-corrected chi connectivity index (χ1v) is 7.83. The SMILES string of the molecule is Cc1cc(NC(=O)CCCN2C(=O)c3ccc([N+](=O)[O-])cc3C2=O)n[nH]1. The number of non-ortho nitro benzene ring substituents is 1. The van der Waals surface area contributed by atoms with E-state index >= 15 is 0 Å². The summed E-state index contributed by atoms with van der Waals surface area (Å²) in [5.74, 6) is -0.982. The normalized spacial score (nSPS) is 13.0. The number of aromatic amines is 1. The van der Waals surface area contributed by atoms with Gasteiger partial charge in [-0.1, -0.05) is 0 Å². The standard InChI is InChI=1S/C16H15N5O5/c1-9-7-13(19-18-9)17-14(22)3-2-6-20-15(23)11-5-4-10(21(25)26)8-12(11)16(20)24/h4-5,7-8H,2-3,6H2,1H3,(H2,17,18,19,22). The zero-order chi connectivity index (χ0) is 18.8. The second-order valence-corrected chi connectivity index (χ2v) is 5.84. The summed E-state index contributed by atoms with van der Waals surface area (Å²) in [6.45, 7) is 1.85. The zero-order valence-electron chi connectivity index (χ0n) is 13.8. The molecule has 0 fully saturated rings. The van der Waals surface area contributed by atoms with Crippen molar-refractivity contribution >= 4 is 29.2 Å². The lowest BCUT2D eigenvalue weighted by molar-refractivity contribution is -0.384. The Labute approximate surface area is 147 Å². The minimum absolute atomic E-state index is 0.0145. The second-order valence-electron chi connectivity index (χ2n) is 5.84. The maximum atomic E-state index is 12.3. The zero-order valence-corrected chi connectivity index (χ0v) is 13.8. The van der Waals surface area contributed by atoms with Crippen molar-refractivity contribution in [2.75, 3.05) is 11.9 Å². The maximum absolute atomic E-state index is 12.3. The average Bonchev–Trinajstić information content (AvgIpc) is 3.10. The van der Waals surface area contributed by atoms with Crippen LogP contribution in [0.15, 0.2) is 24.3 Å². The summed E-state index contributed by atoms with van der Waals surface area (Å²) >= 11 is 0. The highest BCUT2D eigenvalue weighted by Gasteiger charge is 2.36. The number of carbonyl (C=O) groups is 3. The molecule has 1 aliphatic rings. The van der Waals surface area contributed by atoms with E-state index in [-0.39, 0.29) is 42.1 Å². The van der Waals surface area contributed by atoms with E-state index in [1.165, 1.54) is 12.1 Å². The van der Waals surface area contributed by atoms with Gasteiger partial charge in [-0.15, -0.1) is 0 Å². The van der Waals surface area contributed by atoms with Gasteiger partial charge in [0.05, 0.1) is 16.1 Å². The number of aromatic nitrogens is 2. The van der Waals surface area contributed by atoms with Crippen LogP contribution >= 0.6 is 0 Å². The van der Waals surface area contributed by atoms with Gasteiger partial charge in [0, 0.05) is 36.9 Å². The van der Waals surface area contributed by atoms with Gasteiger partial charge in [0.1, 0.15) is 0 Å². The number of nitro benzene ring substituents is 1. The molecule has 0 aliphatic carbocycles. The average molecular weight is 357 g/mol. The van der Waals surface area contributed by atoms with Crippen LogP contribution < -0.4 is 5.32 Å². The predicted molar refractivity (Wildman–Crippen MR) is 89.7 cm³/mol. The molecule has 0 saturated heterocycles. The van der Waals surface area contributed by atoms with Gasteiger partial charge in [-0.3, -0.25) is 34.5 Å². The summed E-state index contributed by atoms with van der Waals surface area (Å²) in [6.07, 6.45) is 0.363. The number of carbonyl (C=O) groups excluding carboxylic acids is 3. The molecule has 3 amide bonds. The number of nitrogens with zero attached hydrogens (tertiary/aromatic N) is 3. The molecule has 26 heavy (non-hydrogen) atoms. The molecule has 1 aromatic carbocycles. The molecule has 2 aromatic rings. The summed E-state index contributed by atoms with van der Waals surface area (Å²) in [6, 6.07) is 5.24. The van der Waals surface area contributed by atoms with E-state index < -0.39 is 16.7 Å². The smallest absolute Gasteiger partial charge is 0.270 e. The van der Waals surface area contributed by atoms with E-state index in [0.717, 1.165) is 16.7 Å². The fourth-order valence-electron chi connectivity index (χ4n) is 2.68. The van der Waals surface area contributed by atoms with Crippen molar-refractivity contribution in [3.8, 4) is 0 Å². The van der Waals surface area contributed by atoms with Crippen molar-refractivity contribution in [3.05, 3.63) is 51.2 Å². The second kappa shape index (κ2) is 6.75. The number of benzene rings is 1. The summed E-state index contributed by atoms with van der Waals surface area (Å²) in [5, 5.41) is 20.0. The Bertz CT molecular complexity index is 920. The molecular formula is C16H15N5O5. The summed E-state index contributed by atoms with van der Waals surface area (Å²) < 4.78 is 0. The van der Waals surface area contributed by atoms with Gasteiger partial charge in [0.15, 0.2) is 5.82 Å². The van der Waals surface area contributed by atoms with Gasteiger partial charge in [-0.05, 0) is 19.4 Å². The third-order valence-corrected chi connectivity index (χ3v) is 3.92. The number of rotatable bonds is 6. The molecule has 1 aromatic heterocycles. The topological polar surface area (TPSA) is 138 Å². The number of imide groups is 1. The monoisotopic (exact) mass is 357 g/mol. The van der Waals surface area contributed by atoms with E-state index in [4.69, 9.17) is 0 Å². The summed E-state index contributed by atoms with van der Waals surface area (Å²) in [5.41, 5.74) is 0.707. The van der Waals surface area contributed by atoms with Crippen molar-refractivity contribution in [3.63, 3.8) is 0 Å². The van der Waals surface area contributed by atoms with Gasteiger partial charge < -0.3 is 5.32 Å². The van der Waals surface area contributed by atoms with Crippen LogP contribution in [-0.2, 0) is 4.79 Å². The first-order valence-electron chi connectivity index (χ1n) is 7.83. The predicted octanol–water partition coefficient (Wildman–Crippen LogP) is 1.64. The van der Waals surface area contributed by atoms with Crippen LogP contribution in [0.25, 0.3) is 0 Å². The number of hydrogen-bond donors (Lipinski definition) is 2. The molecule has 1 aliphatic heterocycles. The molecule has 0 bridgehead atoms. The van der Waals surface area contributed by atoms with Crippen molar-refractivity contribution in [1.29, 1.82) is 0 Å². The number of nitro groups is 1. The molecule has 2 heterocycles. The van der Waals surface area contributed by atoms with Crippen LogP contribution in [0.5, 0.6) is 0 Å². The summed E-state index contributed by atoms with van der Waals surface area (Å²) in [7, 11) is 0. The Morgan fingerprint density at radius 2 is 2.00 bits per heavy atom. The number of H-pyrrole nitrogens is 1. The molecule has 0 spiro atoms. The molecular weight excluding hydrogens is 342 g/mol. The quantitative estimate of drug-likeness (QED) is 0.458. The number of hydrogen-bond acceptors (Lipinski definition) is 6. The van der Waals surface area contributed by atoms with E-state index in [1.54, 1.807) is 13.0 Å². The lowest BCUT2D eigenvalue weighted by atomic mass is 10.1. The summed E-state index contributed by atoms with van der Waals surface area (Å²) in [4.78, 5) is 47.7. The van der Waals surface area contributed by atoms with Crippen molar-refractivity contribution in [2.45, 2.75) is 19.8 Å². The highest BCUT2D eigenvalue weighted by atomic mass is 16.6. The van der Waals surface area contributed by atoms with E-state index in [2.05, 4.69) is 15.5 Å². The van der Waals surface area contributed by atoms with Gasteiger partial charge in [-0.2, -0.15) is 5.10 Å². The number of fused-ring (bicyclic) bond motifs is 1. The fraction of sp³-hybridized carbons (Fsp3) is 0.250. The van der Waals surface area contributed by atoms with Crippen molar-refractivity contribution < 1.29 is 19.3 Å². The first-order chi connectivity index (χ1) is 12.4. The minimum atomic E-state index is -0.623. The largest absolute Gasteiger partial charge is 0.309 e. The lowest BCUT2D eigenvalue weighted by Gasteiger charge is -2.13. The van der Waals surface area contributed by atoms with E-state index in [9.17, 15) is 24.5 Å². The van der Waals surface area contributed by atoms with E-state index in [0.29, 0.717) is 5.82 Å². The molecule has 0 saturated carbocycles. The maximum Gasteiger partial charge on any atom is 0.270 e. The van der Waals surface area contributed by atoms with E-state index in [1.807, 2.05) is 0 Å². The Balaban J connectivity index is 1.58. The Hall–Kier alpha value is -3.56. The third kappa shape index (κ3) is 3.29. The van der Waals surface area contributed by atoms with Crippen LogP contribution in [0.4, 0.5) is 11.5 Å². The Morgan fingerprint density at radius 3 is 2.65 bits per heavy atom. The van der Waals surface area contributed by atoms with Crippen LogP contribution in [0.3, 0.4) is 0 Å². The molecule has 0 radical (unpaired) electrons. The van der Waals surface area contributed by atoms with Gasteiger partial charge in [-0.25, -0.2) is 0 Å². The van der Waals surface area contributed by atoms with Crippen LogP contribution in [0.2, 0.25) is 0 Å². The highest BCUT2D eigenvalue weighted by Crippen LogP contribution is 2.27. The Kier molecular flexibility index (Phi) is 4.48.